The van der Waals surface area contributed by atoms with Crippen LogP contribution in [0.2, 0.25) is 0 Å². The Bertz CT molecular complexity index is 247. The zero-order valence-electron chi connectivity index (χ0n) is 12.8. The van der Waals surface area contributed by atoms with Crippen LogP contribution in [-0.4, -0.2) is 24.8 Å². The third-order valence-electron chi connectivity index (χ3n) is 3.00. The lowest BCUT2D eigenvalue weighted by atomic mass is 10.2. The van der Waals surface area contributed by atoms with Crippen molar-refractivity contribution >= 4 is 11.6 Å². The van der Waals surface area contributed by atoms with E-state index in [0.29, 0.717) is 13.0 Å². The standard InChI is InChI=1S/C15H30N2O2/c1-4-7-9-12-16-15(18)11-8-10-13-19-17-14(5-2)6-3/h4-13H2,1-3H3,(H,16,18). The average Bonchev–Trinajstić information content (AvgIpc) is 2.43. The van der Waals surface area contributed by atoms with Crippen molar-refractivity contribution in [2.24, 2.45) is 5.16 Å². The van der Waals surface area contributed by atoms with Crippen LogP contribution in [0.4, 0.5) is 0 Å². The first kappa shape index (κ1) is 17.9. The van der Waals surface area contributed by atoms with Crippen LogP contribution in [0.3, 0.4) is 0 Å². The van der Waals surface area contributed by atoms with E-state index in [2.05, 4.69) is 31.2 Å². The summed E-state index contributed by atoms with van der Waals surface area (Å²) in [5.74, 6) is 0.155. The highest BCUT2D eigenvalue weighted by Crippen LogP contribution is 1.99. The molecular formula is C15H30N2O2. The Balaban J connectivity index is 3.38. The number of nitrogens with zero attached hydrogens (tertiary/aromatic N) is 1. The van der Waals surface area contributed by atoms with E-state index in [0.717, 1.165) is 44.4 Å². The third kappa shape index (κ3) is 11.7. The number of hydrogen-bond donors (Lipinski definition) is 1. The fraction of sp³-hybridized carbons (Fsp3) is 0.867. The fourth-order valence-electron chi connectivity index (χ4n) is 1.66. The minimum Gasteiger partial charge on any atom is -0.396 e. The highest BCUT2D eigenvalue weighted by atomic mass is 16.6. The number of rotatable bonds is 12. The molecule has 0 atom stereocenters. The lowest BCUT2D eigenvalue weighted by Crippen LogP contribution is -2.24. The van der Waals surface area contributed by atoms with E-state index in [1.165, 1.54) is 12.8 Å². The van der Waals surface area contributed by atoms with Crippen LogP contribution >= 0.6 is 0 Å². The molecular weight excluding hydrogens is 240 g/mol. The van der Waals surface area contributed by atoms with Crippen LogP contribution in [0.15, 0.2) is 5.16 Å². The summed E-state index contributed by atoms with van der Waals surface area (Å²) in [6.07, 6.45) is 7.67. The Morgan fingerprint density at radius 3 is 2.42 bits per heavy atom. The number of nitrogens with one attached hydrogen (secondary N) is 1. The van der Waals surface area contributed by atoms with Gasteiger partial charge in [-0.25, -0.2) is 0 Å². The number of oxime groups is 1. The lowest BCUT2D eigenvalue weighted by Gasteiger charge is -2.05. The summed E-state index contributed by atoms with van der Waals surface area (Å²) in [5.41, 5.74) is 1.09. The summed E-state index contributed by atoms with van der Waals surface area (Å²) in [6, 6.07) is 0. The second-order valence-electron chi connectivity index (χ2n) is 4.71. The van der Waals surface area contributed by atoms with Crippen LogP contribution < -0.4 is 5.32 Å². The van der Waals surface area contributed by atoms with Crippen molar-refractivity contribution in [1.82, 2.24) is 5.32 Å². The van der Waals surface area contributed by atoms with Gasteiger partial charge in [0.05, 0.1) is 5.71 Å². The van der Waals surface area contributed by atoms with E-state index in [9.17, 15) is 4.79 Å². The fourth-order valence-corrected chi connectivity index (χ4v) is 1.66. The van der Waals surface area contributed by atoms with Crippen LogP contribution in [0, 0.1) is 0 Å². The zero-order valence-corrected chi connectivity index (χ0v) is 12.8. The predicted octanol–water partition coefficient (Wildman–Crippen LogP) is 3.66. The van der Waals surface area contributed by atoms with Gasteiger partial charge in [-0.2, -0.15) is 0 Å². The molecule has 0 rings (SSSR count). The van der Waals surface area contributed by atoms with E-state index < -0.39 is 0 Å². The molecule has 0 aromatic carbocycles. The van der Waals surface area contributed by atoms with Gasteiger partial charge in [0.2, 0.25) is 5.91 Å². The van der Waals surface area contributed by atoms with Gasteiger partial charge in [0.1, 0.15) is 6.61 Å². The summed E-state index contributed by atoms with van der Waals surface area (Å²) in [5, 5.41) is 7.00. The summed E-state index contributed by atoms with van der Waals surface area (Å²) in [4.78, 5) is 16.7. The molecule has 4 heteroatoms. The van der Waals surface area contributed by atoms with E-state index in [1.807, 2.05) is 0 Å². The van der Waals surface area contributed by atoms with Crippen LogP contribution in [-0.2, 0) is 9.63 Å². The maximum atomic E-state index is 11.5. The number of unbranched alkanes of at least 4 members (excludes halogenated alkanes) is 3. The van der Waals surface area contributed by atoms with Gasteiger partial charge in [0.15, 0.2) is 0 Å². The second kappa shape index (κ2) is 13.4. The van der Waals surface area contributed by atoms with Gasteiger partial charge in [0.25, 0.3) is 0 Å². The molecule has 0 aromatic heterocycles. The molecule has 0 spiro atoms. The minimum absolute atomic E-state index is 0.155. The Labute approximate surface area is 118 Å². The van der Waals surface area contributed by atoms with Gasteiger partial charge in [0, 0.05) is 13.0 Å². The largest absolute Gasteiger partial charge is 0.396 e. The molecule has 1 amide bonds. The molecule has 0 fully saturated rings. The molecule has 19 heavy (non-hydrogen) atoms. The molecule has 1 N–H and O–H groups in total. The molecule has 112 valence electrons. The molecule has 0 aromatic rings. The van der Waals surface area contributed by atoms with E-state index in [1.54, 1.807) is 0 Å². The average molecular weight is 270 g/mol. The van der Waals surface area contributed by atoms with E-state index >= 15 is 0 Å². The molecule has 0 aliphatic carbocycles. The van der Waals surface area contributed by atoms with Crippen molar-refractivity contribution in [2.75, 3.05) is 13.2 Å². The maximum absolute atomic E-state index is 11.5. The molecule has 0 aliphatic rings. The molecule has 0 radical (unpaired) electrons. The minimum atomic E-state index is 0.155. The Morgan fingerprint density at radius 1 is 1.05 bits per heavy atom. The Kier molecular flexibility index (Phi) is 12.6. The van der Waals surface area contributed by atoms with Gasteiger partial charge in [-0.05, 0) is 32.1 Å². The zero-order chi connectivity index (χ0) is 14.3. The quantitative estimate of drug-likeness (QED) is 0.334. The van der Waals surface area contributed by atoms with Gasteiger partial charge < -0.3 is 10.2 Å². The lowest BCUT2D eigenvalue weighted by molar-refractivity contribution is -0.121. The van der Waals surface area contributed by atoms with Gasteiger partial charge >= 0.3 is 0 Å². The summed E-state index contributed by atoms with van der Waals surface area (Å²) < 4.78 is 0. The Morgan fingerprint density at radius 2 is 1.79 bits per heavy atom. The number of carbonyl (C=O) groups is 1. The molecule has 0 bridgehead atoms. The molecule has 0 unspecified atom stereocenters. The van der Waals surface area contributed by atoms with E-state index in [4.69, 9.17) is 4.84 Å². The number of amides is 1. The normalized spacial score (nSPS) is 10.1. The first-order valence-corrected chi connectivity index (χ1v) is 7.68. The van der Waals surface area contributed by atoms with Crippen molar-refractivity contribution in [3.8, 4) is 0 Å². The molecule has 0 saturated carbocycles. The second-order valence-corrected chi connectivity index (χ2v) is 4.71. The monoisotopic (exact) mass is 270 g/mol. The molecule has 4 nitrogen and oxygen atoms in total. The topological polar surface area (TPSA) is 50.7 Å². The molecule has 0 aliphatic heterocycles. The molecule has 0 saturated heterocycles. The third-order valence-corrected chi connectivity index (χ3v) is 3.00. The van der Waals surface area contributed by atoms with Crippen molar-refractivity contribution < 1.29 is 9.63 Å². The molecule has 0 heterocycles. The SMILES string of the molecule is CCCCCNC(=O)CCCCON=C(CC)CC. The summed E-state index contributed by atoms with van der Waals surface area (Å²) >= 11 is 0. The first-order valence-electron chi connectivity index (χ1n) is 7.68. The van der Waals surface area contributed by atoms with Crippen LogP contribution in [0.25, 0.3) is 0 Å². The smallest absolute Gasteiger partial charge is 0.219 e. The van der Waals surface area contributed by atoms with E-state index in [-0.39, 0.29) is 5.91 Å². The summed E-state index contributed by atoms with van der Waals surface area (Å²) in [6.45, 7) is 7.73. The predicted molar refractivity (Wildman–Crippen MR) is 80.4 cm³/mol. The van der Waals surface area contributed by atoms with Gasteiger partial charge in [-0.15, -0.1) is 0 Å². The van der Waals surface area contributed by atoms with Gasteiger partial charge in [-0.3, -0.25) is 4.79 Å². The van der Waals surface area contributed by atoms with Crippen molar-refractivity contribution in [2.45, 2.75) is 72.1 Å². The van der Waals surface area contributed by atoms with Gasteiger partial charge in [-0.1, -0.05) is 38.8 Å². The number of hydrogen-bond acceptors (Lipinski definition) is 3. The van der Waals surface area contributed by atoms with Crippen molar-refractivity contribution in [3.05, 3.63) is 0 Å². The first-order chi connectivity index (χ1) is 9.24. The highest BCUT2D eigenvalue weighted by Gasteiger charge is 2.00. The Hall–Kier alpha value is -1.06. The van der Waals surface area contributed by atoms with Crippen molar-refractivity contribution in [3.63, 3.8) is 0 Å². The van der Waals surface area contributed by atoms with Crippen LogP contribution in [0.5, 0.6) is 0 Å². The highest BCUT2D eigenvalue weighted by molar-refractivity contribution is 5.83. The number of carbonyl (C=O) groups excluding carboxylic acids is 1. The summed E-state index contributed by atoms with van der Waals surface area (Å²) in [7, 11) is 0. The van der Waals surface area contributed by atoms with Crippen LogP contribution in [0.1, 0.15) is 72.1 Å². The van der Waals surface area contributed by atoms with Crippen molar-refractivity contribution in [1.29, 1.82) is 0 Å². The maximum Gasteiger partial charge on any atom is 0.219 e.